The summed E-state index contributed by atoms with van der Waals surface area (Å²) in [5.74, 6) is 0. The number of fused-ring (bicyclic) bond motifs is 1. The minimum Gasteiger partial charge on any atom is -0.343 e. The summed E-state index contributed by atoms with van der Waals surface area (Å²) < 4.78 is 2.29. The second-order valence-electron chi connectivity index (χ2n) is 6.20. The standard InChI is InChI=1S/C19H18Cl2N2/c20-17-8-5-13(9-18(17)21)11-23-12-14(10-22-15-6-7-15)16-3-1-2-4-19(16)23/h1-5,8-9,12,15,22H,6-7,10-11H2. The topological polar surface area (TPSA) is 17.0 Å². The first-order valence-electron chi connectivity index (χ1n) is 7.95. The van der Waals surface area contributed by atoms with Gasteiger partial charge in [-0.2, -0.15) is 0 Å². The molecule has 2 nitrogen and oxygen atoms in total. The summed E-state index contributed by atoms with van der Waals surface area (Å²) in [4.78, 5) is 0. The third-order valence-corrected chi connectivity index (χ3v) is 5.11. The van der Waals surface area contributed by atoms with E-state index in [2.05, 4.69) is 40.3 Å². The van der Waals surface area contributed by atoms with Crippen LogP contribution in [0.3, 0.4) is 0 Å². The van der Waals surface area contributed by atoms with Crippen LogP contribution >= 0.6 is 23.2 Å². The highest BCUT2D eigenvalue weighted by Gasteiger charge is 2.20. The van der Waals surface area contributed by atoms with Gasteiger partial charge < -0.3 is 9.88 Å². The van der Waals surface area contributed by atoms with E-state index in [-0.39, 0.29) is 0 Å². The van der Waals surface area contributed by atoms with Gasteiger partial charge in [0.05, 0.1) is 10.0 Å². The number of nitrogens with one attached hydrogen (secondary N) is 1. The molecule has 118 valence electrons. The molecule has 0 bridgehead atoms. The second-order valence-corrected chi connectivity index (χ2v) is 7.02. The third kappa shape index (κ3) is 3.25. The maximum atomic E-state index is 6.14. The van der Waals surface area contributed by atoms with Crippen molar-refractivity contribution < 1.29 is 0 Å². The van der Waals surface area contributed by atoms with Crippen molar-refractivity contribution in [3.8, 4) is 0 Å². The van der Waals surface area contributed by atoms with Crippen LogP contribution in [-0.2, 0) is 13.1 Å². The van der Waals surface area contributed by atoms with Crippen LogP contribution in [0.1, 0.15) is 24.0 Å². The fraction of sp³-hybridized carbons (Fsp3) is 0.263. The molecule has 1 aliphatic carbocycles. The van der Waals surface area contributed by atoms with Crippen LogP contribution in [0.4, 0.5) is 0 Å². The van der Waals surface area contributed by atoms with Gasteiger partial charge in [-0.15, -0.1) is 0 Å². The van der Waals surface area contributed by atoms with Crippen LogP contribution in [0, 0.1) is 0 Å². The predicted octanol–water partition coefficient (Wildman–Crippen LogP) is 5.25. The fourth-order valence-electron chi connectivity index (χ4n) is 2.97. The van der Waals surface area contributed by atoms with Crippen molar-refractivity contribution in [2.24, 2.45) is 0 Å². The van der Waals surface area contributed by atoms with Crippen molar-refractivity contribution in [2.75, 3.05) is 0 Å². The molecule has 0 saturated heterocycles. The van der Waals surface area contributed by atoms with Gasteiger partial charge in [0.15, 0.2) is 0 Å². The monoisotopic (exact) mass is 344 g/mol. The molecule has 0 spiro atoms. The minimum atomic E-state index is 0.599. The van der Waals surface area contributed by atoms with E-state index in [0.29, 0.717) is 16.1 Å². The number of hydrogen-bond acceptors (Lipinski definition) is 1. The molecule has 0 atom stereocenters. The Morgan fingerprint density at radius 3 is 2.65 bits per heavy atom. The van der Waals surface area contributed by atoms with E-state index >= 15 is 0 Å². The zero-order valence-electron chi connectivity index (χ0n) is 12.7. The van der Waals surface area contributed by atoms with Gasteiger partial charge in [-0.3, -0.25) is 0 Å². The summed E-state index contributed by atoms with van der Waals surface area (Å²) in [5.41, 5.74) is 3.76. The Balaban J connectivity index is 1.66. The van der Waals surface area contributed by atoms with Gasteiger partial charge in [0.25, 0.3) is 0 Å². The quantitative estimate of drug-likeness (QED) is 0.668. The molecule has 1 heterocycles. The number of aromatic nitrogens is 1. The Morgan fingerprint density at radius 1 is 1.04 bits per heavy atom. The summed E-state index contributed by atoms with van der Waals surface area (Å²) >= 11 is 12.2. The maximum Gasteiger partial charge on any atom is 0.0595 e. The average Bonchev–Trinajstić information content (AvgIpc) is 3.32. The van der Waals surface area contributed by atoms with Gasteiger partial charge >= 0.3 is 0 Å². The molecule has 1 fully saturated rings. The predicted molar refractivity (Wildman–Crippen MR) is 97.4 cm³/mol. The zero-order valence-corrected chi connectivity index (χ0v) is 14.2. The first kappa shape index (κ1) is 15.1. The lowest BCUT2D eigenvalue weighted by Gasteiger charge is -2.07. The van der Waals surface area contributed by atoms with Gasteiger partial charge in [-0.1, -0.05) is 47.5 Å². The Morgan fingerprint density at radius 2 is 1.87 bits per heavy atom. The number of rotatable bonds is 5. The first-order valence-corrected chi connectivity index (χ1v) is 8.70. The molecule has 2 aromatic carbocycles. The highest BCUT2D eigenvalue weighted by molar-refractivity contribution is 6.42. The van der Waals surface area contributed by atoms with E-state index in [1.807, 2.05) is 18.2 Å². The molecule has 23 heavy (non-hydrogen) atoms. The van der Waals surface area contributed by atoms with Crippen LogP contribution in [0.5, 0.6) is 0 Å². The maximum absolute atomic E-state index is 6.14. The van der Waals surface area contributed by atoms with Crippen molar-refractivity contribution in [3.05, 3.63) is 69.8 Å². The van der Waals surface area contributed by atoms with Gasteiger partial charge in [-0.05, 0) is 42.2 Å². The van der Waals surface area contributed by atoms with Gasteiger partial charge in [0, 0.05) is 36.2 Å². The van der Waals surface area contributed by atoms with Gasteiger partial charge in [-0.25, -0.2) is 0 Å². The molecule has 1 saturated carbocycles. The average molecular weight is 345 g/mol. The van der Waals surface area contributed by atoms with Gasteiger partial charge in [0.1, 0.15) is 0 Å². The lowest BCUT2D eigenvalue weighted by Crippen LogP contribution is -2.14. The largest absolute Gasteiger partial charge is 0.343 e. The van der Waals surface area contributed by atoms with Crippen molar-refractivity contribution in [1.82, 2.24) is 9.88 Å². The fourth-order valence-corrected chi connectivity index (χ4v) is 3.29. The number of nitrogens with zero attached hydrogens (tertiary/aromatic N) is 1. The smallest absolute Gasteiger partial charge is 0.0595 e. The summed E-state index contributed by atoms with van der Waals surface area (Å²) in [5, 5.41) is 6.13. The van der Waals surface area contributed by atoms with Crippen molar-refractivity contribution >= 4 is 34.1 Å². The Hall–Kier alpha value is -1.48. The second kappa shape index (κ2) is 6.20. The van der Waals surface area contributed by atoms with E-state index in [9.17, 15) is 0 Å². The SMILES string of the molecule is Clc1ccc(Cn2cc(CNC3CC3)c3ccccc32)cc1Cl. The molecule has 4 heteroatoms. The molecule has 3 aromatic rings. The van der Waals surface area contributed by atoms with Gasteiger partial charge in [0.2, 0.25) is 0 Å². The summed E-state index contributed by atoms with van der Waals surface area (Å²) in [6.07, 6.45) is 4.87. The van der Waals surface area contributed by atoms with Crippen LogP contribution in [0.2, 0.25) is 10.0 Å². The Labute approximate surface area is 146 Å². The van der Waals surface area contributed by atoms with E-state index in [1.165, 1.54) is 29.3 Å². The zero-order chi connectivity index (χ0) is 15.8. The first-order chi connectivity index (χ1) is 11.2. The van der Waals surface area contributed by atoms with E-state index < -0.39 is 0 Å². The molecule has 0 aliphatic heterocycles. The number of hydrogen-bond donors (Lipinski definition) is 1. The molecule has 0 radical (unpaired) electrons. The van der Waals surface area contributed by atoms with Crippen LogP contribution in [-0.4, -0.2) is 10.6 Å². The summed E-state index contributed by atoms with van der Waals surface area (Å²) in [6, 6.07) is 15.1. The van der Waals surface area contributed by atoms with Crippen LogP contribution < -0.4 is 5.32 Å². The number of benzene rings is 2. The Kier molecular flexibility index (Phi) is 4.06. The lowest BCUT2D eigenvalue weighted by atomic mass is 10.2. The molecule has 1 N–H and O–H groups in total. The third-order valence-electron chi connectivity index (χ3n) is 4.37. The highest BCUT2D eigenvalue weighted by atomic mass is 35.5. The van der Waals surface area contributed by atoms with Crippen LogP contribution in [0.15, 0.2) is 48.7 Å². The highest BCUT2D eigenvalue weighted by Crippen LogP contribution is 2.27. The molecule has 0 unspecified atom stereocenters. The molecular weight excluding hydrogens is 327 g/mol. The molecule has 0 amide bonds. The number of para-hydroxylation sites is 1. The van der Waals surface area contributed by atoms with E-state index in [1.54, 1.807) is 0 Å². The lowest BCUT2D eigenvalue weighted by molar-refractivity contribution is 0.687. The normalized spacial score (nSPS) is 14.5. The van der Waals surface area contributed by atoms with E-state index in [0.717, 1.165) is 18.7 Å². The Bertz CT molecular complexity index is 850. The summed E-state index contributed by atoms with van der Waals surface area (Å²) in [6.45, 7) is 1.72. The summed E-state index contributed by atoms with van der Waals surface area (Å²) in [7, 11) is 0. The van der Waals surface area contributed by atoms with Crippen molar-refractivity contribution in [1.29, 1.82) is 0 Å². The van der Waals surface area contributed by atoms with Crippen LogP contribution in [0.25, 0.3) is 10.9 Å². The van der Waals surface area contributed by atoms with E-state index in [4.69, 9.17) is 23.2 Å². The molecule has 1 aromatic heterocycles. The molecule has 1 aliphatic rings. The number of halogens is 2. The molecular formula is C19H18Cl2N2. The van der Waals surface area contributed by atoms with Crippen molar-refractivity contribution in [2.45, 2.75) is 32.0 Å². The van der Waals surface area contributed by atoms with Crippen molar-refractivity contribution in [3.63, 3.8) is 0 Å². The molecule has 4 rings (SSSR count). The minimum absolute atomic E-state index is 0.599.